The van der Waals surface area contributed by atoms with Crippen LogP contribution in [0, 0.1) is 5.92 Å². The maximum atomic E-state index is 11.0. The summed E-state index contributed by atoms with van der Waals surface area (Å²) in [6, 6.07) is 6.59. The average Bonchev–Trinajstić information content (AvgIpc) is 2.53. The summed E-state index contributed by atoms with van der Waals surface area (Å²) in [7, 11) is 3.91. The molecule has 0 radical (unpaired) electrons. The number of fused-ring (bicyclic) bond motifs is 1. The van der Waals surface area contributed by atoms with Crippen molar-refractivity contribution in [2.24, 2.45) is 5.92 Å². The lowest BCUT2D eigenvalue weighted by Gasteiger charge is -2.59. The molecule has 0 aromatic heterocycles. The van der Waals surface area contributed by atoms with Crippen molar-refractivity contribution in [2.45, 2.75) is 49.7 Å². The van der Waals surface area contributed by atoms with E-state index in [0.29, 0.717) is 12.0 Å². The van der Waals surface area contributed by atoms with Gasteiger partial charge in [-0.1, -0.05) is 18.9 Å². The summed E-state index contributed by atoms with van der Waals surface area (Å²) in [4.78, 5) is 2.39. The van der Waals surface area contributed by atoms with Crippen molar-refractivity contribution in [1.29, 1.82) is 0 Å². The largest absolute Gasteiger partial charge is 0.497 e. The minimum absolute atomic E-state index is 0.276. The van der Waals surface area contributed by atoms with E-state index >= 15 is 0 Å². The quantitative estimate of drug-likeness (QED) is 0.862. The van der Waals surface area contributed by atoms with Crippen LogP contribution in [-0.4, -0.2) is 36.8 Å². The third-order valence-electron chi connectivity index (χ3n) is 6.37. The molecule has 0 unspecified atom stereocenters. The van der Waals surface area contributed by atoms with E-state index in [1.807, 2.05) is 6.07 Å². The minimum Gasteiger partial charge on any atom is -0.497 e. The van der Waals surface area contributed by atoms with Gasteiger partial charge in [-0.05, 0) is 62.0 Å². The molecule has 21 heavy (non-hydrogen) atoms. The standard InChI is InChI=1S/C18H25NO2/c1-19-10-9-18-8-4-3-5-14(18)16(19)17(20)13-7-6-12(21-2)11-15(13)18/h6-7,11,14,16-17,20H,3-5,8-10H2,1-2H3/t14-,16-,17-,18+/m0/s1. The highest BCUT2D eigenvalue weighted by Crippen LogP contribution is 2.58. The molecular formula is C18H25NO2. The average molecular weight is 287 g/mol. The van der Waals surface area contributed by atoms with Crippen molar-refractivity contribution in [2.75, 3.05) is 20.7 Å². The molecule has 3 heteroatoms. The number of ether oxygens (including phenoxy) is 1. The summed E-state index contributed by atoms with van der Waals surface area (Å²) in [6.07, 6.45) is 6.02. The zero-order valence-electron chi connectivity index (χ0n) is 13.0. The van der Waals surface area contributed by atoms with E-state index in [2.05, 4.69) is 24.1 Å². The molecule has 4 atom stereocenters. The number of methoxy groups -OCH3 is 1. The van der Waals surface area contributed by atoms with E-state index in [9.17, 15) is 5.11 Å². The molecule has 4 rings (SSSR count). The summed E-state index contributed by atoms with van der Waals surface area (Å²) in [6.45, 7) is 1.09. The molecule has 3 aliphatic rings. The zero-order valence-corrected chi connectivity index (χ0v) is 13.0. The fraction of sp³-hybridized carbons (Fsp3) is 0.667. The van der Waals surface area contributed by atoms with Gasteiger partial charge >= 0.3 is 0 Å². The lowest BCUT2D eigenvalue weighted by atomic mass is 9.52. The summed E-state index contributed by atoms with van der Waals surface area (Å²) in [5, 5.41) is 11.0. The number of rotatable bonds is 1. The Hall–Kier alpha value is -1.06. The molecule has 1 aromatic rings. The van der Waals surface area contributed by atoms with Crippen LogP contribution >= 0.6 is 0 Å². The first-order valence-corrected chi connectivity index (χ1v) is 8.24. The van der Waals surface area contributed by atoms with Gasteiger partial charge in [-0.3, -0.25) is 0 Å². The predicted octanol–water partition coefficient (Wildman–Crippen LogP) is 2.87. The fourth-order valence-corrected chi connectivity index (χ4v) is 5.37. The van der Waals surface area contributed by atoms with Gasteiger partial charge in [-0.25, -0.2) is 0 Å². The second kappa shape index (κ2) is 4.72. The molecule has 1 saturated carbocycles. The Morgan fingerprint density at radius 1 is 1.29 bits per heavy atom. The minimum atomic E-state index is -0.354. The van der Waals surface area contributed by atoms with Crippen molar-refractivity contribution >= 4 is 0 Å². The van der Waals surface area contributed by atoms with Gasteiger partial charge in [-0.15, -0.1) is 0 Å². The summed E-state index contributed by atoms with van der Waals surface area (Å²) in [5.74, 6) is 1.52. The first-order valence-electron chi connectivity index (χ1n) is 8.24. The molecule has 2 aliphatic carbocycles. The number of aliphatic hydroxyl groups is 1. The molecule has 0 spiro atoms. The number of hydrogen-bond acceptors (Lipinski definition) is 3. The van der Waals surface area contributed by atoms with Crippen LogP contribution in [0.2, 0.25) is 0 Å². The van der Waals surface area contributed by atoms with Gasteiger partial charge in [0.2, 0.25) is 0 Å². The van der Waals surface area contributed by atoms with Crippen LogP contribution in [0.4, 0.5) is 0 Å². The van der Waals surface area contributed by atoms with Crippen LogP contribution in [0.1, 0.15) is 49.3 Å². The molecule has 2 fully saturated rings. The van der Waals surface area contributed by atoms with Gasteiger partial charge in [0.05, 0.1) is 13.2 Å². The van der Waals surface area contributed by atoms with Crippen molar-refractivity contribution in [3.63, 3.8) is 0 Å². The highest BCUT2D eigenvalue weighted by molar-refractivity contribution is 5.47. The van der Waals surface area contributed by atoms with Gasteiger partial charge in [0.25, 0.3) is 0 Å². The first-order chi connectivity index (χ1) is 10.2. The summed E-state index contributed by atoms with van der Waals surface area (Å²) >= 11 is 0. The highest BCUT2D eigenvalue weighted by Gasteiger charge is 2.56. The van der Waals surface area contributed by atoms with Gasteiger partial charge in [0.1, 0.15) is 5.75 Å². The normalized spacial score (nSPS) is 38.5. The van der Waals surface area contributed by atoms with Gasteiger partial charge in [0, 0.05) is 11.5 Å². The van der Waals surface area contributed by atoms with Crippen molar-refractivity contribution in [3.8, 4) is 5.75 Å². The molecule has 1 aliphatic heterocycles. The second-order valence-electron chi connectivity index (χ2n) is 7.13. The van der Waals surface area contributed by atoms with E-state index < -0.39 is 0 Å². The van der Waals surface area contributed by atoms with Crippen molar-refractivity contribution in [1.82, 2.24) is 4.90 Å². The molecule has 2 bridgehead atoms. The molecule has 1 N–H and O–H groups in total. The molecule has 3 nitrogen and oxygen atoms in total. The van der Waals surface area contributed by atoms with E-state index in [1.165, 1.54) is 37.7 Å². The fourth-order valence-electron chi connectivity index (χ4n) is 5.37. The summed E-state index contributed by atoms with van der Waals surface area (Å²) in [5.41, 5.74) is 2.80. The maximum Gasteiger partial charge on any atom is 0.119 e. The zero-order chi connectivity index (χ0) is 14.6. The Bertz CT molecular complexity index is 558. The van der Waals surface area contributed by atoms with E-state index in [-0.39, 0.29) is 11.5 Å². The van der Waals surface area contributed by atoms with Crippen LogP contribution in [0.5, 0.6) is 5.75 Å². The predicted molar refractivity (Wildman–Crippen MR) is 82.6 cm³/mol. The number of piperidine rings is 1. The highest BCUT2D eigenvalue weighted by atomic mass is 16.5. The number of hydrogen-bond donors (Lipinski definition) is 1. The SMILES string of the molecule is COc1ccc2c(c1)[C@@]13CCCC[C@H]1[C@@H]([C@H]2O)N(C)CC3. The first kappa shape index (κ1) is 13.6. The Labute approximate surface area is 126 Å². The van der Waals surface area contributed by atoms with Crippen molar-refractivity contribution in [3.05, 3.63) is 29.3 Å². The third kappa shape index (κ3) is 1.74. The maximum absolute atomic E-state index is 11.0. The number of likely N-dealkylation sites (tertiary alicyclic amines) is 1. The topological polar surface area (TPSA) is 32.7 Å². The molecular weight excluding hydrogens is 262 g/mol. The van der Waals surface area contributed by atoms with Gasteiger partial charge in [-0.2, -0.15) is 0 Å². The Morgan fingerprint density at radius 2 is 2.14 bits per heavy atom. The Kier molecular flexibility index (Phi) is 3.05. The van der Waals surface area contributed by atoms with Crippen molar-refractivity contribution < 1.29 is 9.84 Å². The summed E-state index contributed by atoms with van der Waals surface area (Å²) < 4.78 is 5.46. The lowest BCUT2D eigenvalue weighted by molar-refractivity contribution is -0.0680. The Balaban J connectivity index is 1.92. The van der Waals surface area contributed by atoms with E-state index in [4.69, 9.17) is 4.74 Å². The number of benzene rings is 1. The molecule has 1 heterocycles. The lowest BCUT2D eigenvalue weighted by Crippen LogP contribution is -2.61. The van der Waals surface area contributed by atoms with E-state index in [0.717, 1.165) is 17.9 Å². The smallest absolute Gasteiger partial charge is 0.119 e. The molecule has 1 saturated heterocycles. The van der Waals surface area contributed by atoms with Gasteiger partial charge < -0.3 is 14.7 Å². The van der Waals surface area contributed by atoms with Crippen LogP contribution in [0.3, 0.4) is 0 Å². The monoisotopic (exact) mass is 287 g/mol. The van der Waals surface area contributed by atoms with Gasteiger partial charge in [0.15, 0.2) is 0 Å². The van der Waals surface area contributed by atoms with E-state index in [1.54, 1.807) is 7.11 Å². The van der Waals surface area contributed by atoms with Crippen LogP contribution in [0.15, 0.2) is 18.2 Å². The molecule has 0 amide bonds. The van der Waals surface area contributed by atoms with Crippen LogP contribution in [-0.2, 0) is 5.41 Å². The van der Waals surface area contributed by atoms with Crippen LogP contribution in [0.25, 0.3) is 0 Å². The Morgan fingerprint density at radius 3 is 2.95 bits per heavy atom. The number of likely N-dealkylation sites (N-methyl/N-ethyl adjacent to an activating group) is 1. The third-order valence-corrected chi connectivity index (χ3v) is 6.37. The number of aliphatic hydroxyl groups excluding tert-OH is 1. The van der Waals surface area contributed by atoms with Crippen LogP contribution < -0.4 is 4.74 Å². The second-order valence-corrected chi connectivity index (χ2v) is 7.13. The number of nitrogens with zero attached hydrogens (tertiary/aromatic N) is 1. The molecule has 114 valence electrons. The molecule has 1 aromatic carbocycles.